The fourth-order valence-electron chi connectivity index (χ4n) is 1.35. The van der Waals surface area contributed by atoms with Gasteiger partial charge in [0.05, 0.1) is 12.6 Å². The van der Waals surface area contributed by atoms with Gasteiger partial charge in [-0.1, -0.05) is 29.4 Å². The summed E-state index contributed by atoms with van der Waals surface area (Å²) in [6.45, 7) is 1.71. The van der Waals surface area contributed by atoms with Gasteiger partial charge in [0.1, 0.15) is 6.10 Å². The molecule has 1 rings (SSSR count). The lowest BCUT2D eigenvalue weighted by molar-refractivity contribution is 0.0240. The standard InChI is InChI=1S/C10H13N3O2/c1-7-4-2-3-5-8(7)10(15)9(14)6-12-13-11/h2-5,9-10,14-15H,6H2,1H3. The molecule has 0 saturated heterocycles. The highest BCUT2D eigenvalue weighted by Gasteiger charge is 2.18. The van der Waals surface area contributed by atoms with Crippen molar-refractivity contribution in [1.29, 1.82) is 0 Å². The zero-order valence-corrected chi connectivity index (χ0v) is 8.41. The molecule has 0 heterocycles. The fourth-order valence-corrected chi connectivity index (χ4v) is 1.35. The normalized spacial score (nSPS) is 14.1. The monoisotopic (exact) mass is 207 g/mol. The highest BCUT2D eigenvalue weighted by molar-refractivity contribution is 5.28. The second-order valence-corrected chi connectivity index (χ2v) is 3.28. The lowest BCUT2D eigenvalue weighted by Gasteiger charge is -2.17. The number of nitrogens with zero attached hydrogens (tertiary/aromatic N) is 3. The van der Waals surface area contributed by atoms with Crippen molar-refractivity contribution in [1.82, 2.24) is 0 Å². The van der Waals surface area contributed by atoms with Crippen LogP contribution >= 0.6 is 0 Å². The number of azide groups is 1. The second-order valence-electron chi connectivity index (χ2n) is 3.28. The summed E-state index contributed by atoms with van der Waals surface area (Å²) >= 11 is 0. The van der Waals surface area contributed by atoms with Crippen LogP contribution in [0.15, 0.2) is 29.4 Å². The summed E-state index contributed by atoms with van der Waals surface area (Å²) < 4.78 is 0. The molecule has 0 aliphatic heterocycles. The van der Waals surface area contributed by atoms with E-state index in [2.05, 4.69) is 10.0 Å². The molecule has 0 aromatic heterocycles. The van der Waals surface area contributed by atoms with Gasteiger partial charge in [0.15, 0.2) is 0 Å². The molecule has 0 radical (unpaired) electrons. The van der Waals surface area contributed by atoms with Crippen molar-refractivity contribution in [3.63, 3.8) is 0 Å². The van der Waals surface area contributed by atoms with Crippen molar-refractivity contribution >= 4 is 0 Å². The highest BCUT2D eigenvalue weighted by atomic mass is 16.3. The van der Waals surface area contributed by atoms with Gasteiger partial charge in [-0.3, -0.25) is 0 Å². The van der Waals surface area contributed by atoms with Gasteiger partial charge in [0.2, 0.25) is 0 Å². The van der Waals surface area contributed by atoms with Crippen LogP contribution < -0.4 is 0 Å². The van der Waals surface area contributed by atoms with Crippen LogP contribution in [-0.2, 0) is 0 Å². The van der Waals surface area contributed by atoms with Gasteiger partial charge < -0.3 is 10.2 Å². The van der Waals surface area contributed by atoms with Crippen LogP contribution in [0.25, 0.3) is 10.4 Å². The number of benzene rings is 1. The summed E-state index contributed by atoms with van der Waals surface area (Å²) in [4.78, 5) is 2.53. The van der Waals surface area contributed by atoms with Crippen molar-refractivity contribution < 1.29 is 10.2 Å². The maximum absolute atomic E-state index is 9.76. The molecule has 0 fully saturated rings. The topological polar surface area (TPSA) is 89.2 Å². The quantitative estimate of drug-likeness (QED) is 0.447. The van der Waals surface area contributed by atoms with Crippen LogP contribution in [-0.4, -0.2) is 22.9 Å². The third kappa shape index (κ3) is 2.95. The number of aliphatic hydroxyl groups excluding tert-OH is 2. The summed E-state index contributed by atoms with van der Waals surface area (Å²) in [6.07, 6.45) is -2.08. The molecule has 15 heavy (non-hydrogen) atoms. The Labute approximate surface area is 87.6 Å². The zero-order valence-electron chi connectivity index (χ0n) is 8.41. The van der Waals surface area contributed by atoms with Crippen LogP contribution in [0.4, 0.5) is 0 Å². The maximum Gasteiger partial charge on any atom is 0.105 e. The van der Waals surface area contributed by atoms with E-state index in [0.29, 0.717) is 5.56 Å². The Morgan fingerprint density at radius 3 is 2.67 bits per heavy atom. The van der Waals surface area contributed by atoms with Crippen molar-refractivity contribution in [2.24, 2.45) is 5.11 Å². The molecule has 0 aliphatic rings. The first-order chi connectivity index (χ1) is 7.16. The van der Waals surface area contributed by atoms with E-state index in [1.807, 2.05) is 19.1 Å². The number of hydrogen-bond acceptors (Lipinski definition) is 3. The van der Waals surface area contributed by atoms with Crippen molar-refractivity contribution in [3.05, 3.63) is 45.8 Å². The van der Waals surface area contributed by atoms with E-state index in [-0.39, 0.29) is 6.54 Å². The lowest BCUT2D eigenvalue weighted by Crippen LogP contribution is -2.21. The zero-order chi connectivity index (χ0) is 11.3. The van der Waals surface area contributed by atoms with Gasteiger partial charge in [-0.25, -0.2) is 0 Å². The summed E-state index contributed by atoms with van der Waals surface area (Å²) in [7, 11) is 0. The van der Waals surface area contributed by atoms with Gasteiger partial charge in [0, 0.05) is 4.91 Å². The van der Waals surface area contributed by atoms with Crippen LogP contribution in [0, 0.1) is 6.92 Å². The largest absolute Gasteiger partial charge is 0.390 e. The van der Waals surface area contributed by atoms with Crippen LogP contribution in [0.1, 0.15) is 17.2 Å². The average Bonchev–Trinajstić information content (AvgIpc) is 2.25. The molecule has 2 atom stereocenters. The van der Waals surface area contributed by atoms with E-state index in [9.17, 15) is 10.2 Å². The lowest BCUT2D eigenvalue weighted by atomic mass is 10.00. The molecule has 2 unspecified atom stereocenters. The smallest absolute Gasteiger partial charge is 0.105 e. The molecule has 0 spiro atoms. The predicted molar refractivity (Wildman–Crippen MR) is 56.2 cm³/mol. The van der Waals surface area contributed by atoms with Crippen LogP contribution in [0.3, 0.4) is 0 Å². The number of aryl methyl sites for hydroxylation is 1. The van der Waals surface area contributed by atoms with E-state index < -0.39 is 12.2 Å². The molecule has 1 aromatic rings. The Kier molecular flexibility index (Phi) is 4.12. The Morgan fingerprint density at radius 2 is 2.07 bits per heavy atom. The Hall–Kier alpha value is -1.55. The van der Waals surface area contributed by atoms with E-state index >= 15 is 0 Å². The van der Waals surface area contributed by atoms with Crippen molar-refractivity contribution in [2.45, 2.75) is 19.1 Å². The summed E-state index contributed by atoms with van der Waals surface area (Å²) in [5.74, 6) is 0. The molecular formula is C10H13N3O2. The first-order valence-corrected chi connectivity index (χ1v) is 4.59. The molecule has 5 heteroatoms. The van der Waals surface area contributed by atoms with Crippen LogP contribution in [0.5, 0.6) is 0 Å². The third-order valence-electron chi connectivity index (χ3n) is 2.20. The molecule has 0 amide bonds. The van der Waals surface area contributed by atoms with E-state index in [1.165, 1.54) is 0 Å². The van der Waals surface area contributed by atoms with Crippen molar-refractivity contribution in [3.8, 4) is 0 Å². The number of rotatable bonds is 4. The summed E-state index contributed by atoms with van der Waals surface area (Å²) in [5.41, 5.74) is 9.63. The first-order valence-electron chi connectivity index (χ1n) is 4.59. The highest BCUT2D eigenvalue weighted by Crippen LogP contribution is 2.20. The molecule has 5 nitrogen and oxygen atoms in total. The van der Waals surface area contributed by atoms with Gasteiger partial charge in [-0.05, 0) is 23.6 Å². The fraction of sp³-hybridized carbons (Fsp3) is 0.400. The van der Waals surface area contributed by atoms with Gasteiger partial charge in [-0.15, -0.1) is 0 Å². The Bertz CT molecular complexity index is 375. The average molecular weight is 207 g/mol. The molecule has 80 valence electrons. The summed E-state index contributed by atoms with van der Waals surface area (Å²) in [5, 5.41) is 22.5. The SMILES string of the molecule is Cc1ccccc1C(O)C(O)CN=[N+]=[N-]. The minimum atomic E-state index is -1.07. The van der Waals surface area contributed by atoms with Crippen LogP contribution in [0.2, 0.25) is 0 Å². The predicted octanol–water partition coefficient (Wildman–Crippen LogP) is 1.70. The van der Waals surface area contributed by atoms with E-state index in [0.717, 1.165) is 5.56 Å². The number of aliphatic hydroxyl groups is 2. The van der Waals surface area contributed by atoms with E-state index in [1.54, 1.807) is 12.1 Å². The Balaban J connectivity index is 2.79. The molecule has 1 aromatic carbocycles. The minimum Gasteiger partial charge on any atom is -0.390 e. The molecule has 2 N–H and O–H groups in total. The summed E-state index contributed by atoms with van der Waals surface area (Å²) in [6, 6.07) is 7.22. The minimum absolute atomic E-state index is 0.133. The van der Waals surface area contributed by atoms with E-state index in [4.69, 9.17) is 5.53 Å². The van der Waals surface area contributed by atoms with Crippen molar-refractivity contribution in [2.75, 3.05) is 6.54 Å². The first kappa shape index (κ1) is 11.5. The third-order valence-corrected chi connectivity index (χ3v) is 2.20. The maximum atomic E-state index is 9.76. The van der Waals surface area contributed by atoms with Gasteiger partial charge in [0.25, 0.3) is 0 Å². The molecule has 0 saturated carbocycles. The number of hydrogen-bond donors (Lipinski definition) is 2. The Morgan fingerprint density at radius 1 is 1.40 bits per heavy atom. The van der Waals surface area contributed by atoms with Gasteiger partial charge in [-0.2, -0.15) is 0 Å². The van der Waals surface area contributed by atoms with Gasteiger partial charge >= 0.3 is 0 Å². The molecule has 0 bridgehead atoms. The molecular weight excluding hydrogens is 194 g/mol. The second kappa shape index (κ2) is 5.36. The molecule has 0 aliphatic carbocycles.